The number of carbonyl (C=O) groups is 1. The summed E-state index contributed by atoms with van der Waals surface area (Å²) in [7, 11) is 0. The summed E-state index contributed by atoms with van der Waals surface area (Å²) in [5.41, 5.74) is 8.03. The average molecular weight is 372 g/mol. The van der Waals surface area contributed by atoms with Crippen molar-refractivity contribution in [3.05, 3.63) is 76.9 Å². The summed E-state index contributed by atoms with van der Waals surface area (Å²) in [5, 5.41) is 3.91. The van der Waals surface area contributed by atoms with Crippen molar-refractivity contribution in [3.8, 4) is 0 Å². The smallest absolute Gasteiger partial charge is 0.399 e. The van der Waals surface area contributed by atoms with Crippen LogP contribution in [0.4, 0.5) is 18.9 Å². The molecule has 3 aromatic carbocycles. The van der Waals surface area contributed by atoms with E-state index in [0.29, 0.717) is 22.0 Å². The number of alkyl halides is 3. The minimum Gasteiger partial charge on any atom is -0.399 e. The first-order valence-corrected chi connectivity index (χ1v) is 8.43. The molecular formula is C21H19F3N2O. The van der Waals surface area contributed by atoms with Gasteiger partial charge < -0.3 is 11.1 Å². The standard InChI is InChI=1S/C21H19F3N2O/c1-12-9-14(6-8-19(12)25)13(2)26-20(27)17-4-3-16-11-18(21(22,23)24)7-5-15(16)10-17/h3-11,13H,25H2,1-2H3,(H,26,27)/t13-/m1/s1. The third kappa shape index (κ3) is 4.05. The highest BCUT2D eigenvalue weighted by atomic mass is 19.4. The molecule has 1 amide bonds. The van der Waals surface area contributed by atoms with Crippen molar-refractivity contribution < 1.29 is 18.0 Å². The maximum atomic E-state index is 12.8. The van der Waals surface area contributed by atoms with Crippen LogP contribution in [0.25, 0.3) is 10.8 Å². The van der Waals surface area contributed by atoms with Crippen molar-refractivity contribution >= 4 is 22.4 Å². The van der Waals surface area contributed by atoms with E-state index in [0.717, 1.165) is 23.3 Å². The highest BCUT2D eigenvalue weighted by Crippen LogP contribution is 2.31. The van der Waals surface area contributed by atoms with Crippen molar-refractivity contribution in [2.24, 2.45) is 0 Å². The Morgan fingerprint density at radius 2 is 1.67 bits per heavy atom. The molecule has 3 N–H and O–H groups in total. The van der Waals surface area contributed by atoms with Crippen LogP contribution in [0.2, 0.25) is 0 Å². The van der Waals surface area contributed by atoms with E-state index >= 15 is 0 Å². The minimum atomic E-state index is -4.39. The summed E-state index contributed by atoms with van der Waals surface area (Å²) in [4.78, 5) is 12.5. The number of nitrogens with one attached hydrogen (secondary N) is 1. The van der Waals surface area contributed by atoms with Gasteiger partial charge in [0.05, 0.1) is 11.6 Å². The molecule has 140 valence electrons. The Labute approximate surface area is 155 Å². The molecule has 3 nitrogen and oxygen atoms in total. The average Bonchev–Trinajstić information content (AvgIpc) is 2.62. The first-order valence-electron chi connectivity index (χ1n) is 8.43. The van der Waals surface area contributed by atoms with Crippen LogP contribution < -0.4 is 11.1 Å². The van der Waals surface area contributed by atoms with Crippen LogP contribution in [-0.2, 0) is 6.18 Å². The summed E-state index contributed by atoms with van der Waals surface area (Å²) in [6, 6.07) is 13.4. The highest BCUT2D eigenvalue weighted by Gasteiger charge is 2.30. The molecule has 6 heteroatoms. The van der Waals surface area contributed by atoms with E-state index in [1.54, 1.807) is 12.1 Å². The Bertz CT molecular complexity index is 1010. The topological polar surface area (TPSA) is 55.1 Å². The van der Waals surface area contributed by atoms with E-state index in [-0.39, 0.29) is 11.9 Å². The van der Waals surface area contributed by atoms with Gasteiger partial charge >= 0.3 is 6.18 Å². The molecule has 0 unspecified atom stereocenters. The van der Waals surface area contributed by atoms with E-state index in [2.05, 4.69) is 5.32 Å². The van der Waals surface area contributed by atoms with Gasteiger partial charge in [-0.25, -0.2) is 0 Å². The molecule has 27 heavy (non-hydrogen) atoms. The number of nitrogens with two attached hydrogens (primary N) is 1. The van der Waals surface area contributed by atoms with Crippen LogP contribution in [-0.4, -0.2) is 5.91 Å². The molecule has 0 fully saturated rings. The number of hydrogen-bond acceptors (Lipinski definition) is 2. The maximum absolute atomic E-state index is 12.8. The predicted octanol–water partition coefficient (Wildman–Crippen LogP) is 5.24. The Balaban J connectivity index is 1.81. The second kappa shape index (κ2) is 6.95. The fourth-order valence-corrected chi connectivity index (χ4v) is 2.89. The van der Waals surface area contributed by atoms with Gasteiger partial charge in [-0.15, -0.1) is 0 Å². The largest absolute Gasteiger partial charge is 0.416 e. The highest BCUT2D eigenvalue weighted by molar-refractivity contribution is 5.98. The Morgan fingerprint density at radius 1 is 1.00 bits per heavy atom. The number of anilines is 1. The lowest BCUT2D eigenvalue weighted by Crippen LogP contribution is -2.26. The summed E-state index contributed by atoms with van der Waals surface area (Å²) < 4.78 is 38.4. The Kier molecular flexibility index (Phi) is 4.83. The zero-order valence-electron chi connectivity index (χ0n) is 14.9. The second-order valence-electron chi connectivity index (χ2n) is 6.59. The zero-order valence-corrected chi connectivity index (χ0v) is 14.9. The molecule has 0 bridgehead atoms. The van der Waals surface area contributed by atoms with Crippen molar-refractivity contribution in [2.75, 3.05) is 5.73 Å². The number of benzene rings is 3. The molecule has 3 rings (SSSR count). The monoisotopic (exact) mass is 372 g/mol. The zero-order chi connectivity index (χ0) is 19.8. The predicted molar refractivity (Wildman–Crippen MR) is 100 cm³/mol. The number of aryl methyl sites for hydroxylation is 1. The molecule has 0 radical (unpaired) electrons. The quantitative estimate of drug-likeness (QED) is 0.618. The van der Waals surface area contributed by atoms with Gasteiger partial charge in [-0.1, -0.05) is 24.3 Å². The number of nitrogen functional groups attached to an aromatic ring is 1. The van der Waals surface area contributed by atoms with Gasteiger partial charge in [0.2, 0.25) is 0 Å². The van der Waals surface area contributed by atoms with Crippen molar-refractivity contribution in [2.45, 2.75) is 26.1 Å². The normalized spacial score (nSPS) is 12.8. The molecule has 0 aliphatic carbocycles. The lowest BCUT2D eigenvalue weighted by molar-refractivity contribution is -0.137. The number of amides is 1. The summed E-state index contributed by atoms with van der Waals surface area (Å²) in [6.45, 7) is 3.76. The second-order valence-corrected chi connectivity index (χ2v) is 6.59. The summed E-state index contributed by atoms with van der Waals surface area (Å²) in [6.07, 6.45) is -4.39. The van der Waals surface area contributed by atoms with E-state index in [1.807, 2.05) is 26.0 Å². The third-order valence-electron chi connectivity index (χ3n) is 4.57. The van der Waals surface area contributed by atoms with Crippen molar-refractivity contribution in [1.82, 2.24) is 5.32 Å². The van der Waals surface area contributed by atoms with E-state index in [1.165, 1.54) is 18.2 Å². The number of halogens is 3. The fourth-order valence-electron chi connectivity index (χ4n) is 2.89. The van der Waals surface area contributed by atoms with Crippen molar-refractivity contribution in [3.63, 3.8) is 0 Å². The Hall–Kier alpha value is -3.02. The maximum Gasteiger partial charge on any atom is 0.416 e. The first kappa shape index (κ1) is 18.8. The van der Waals surface area contributed by atoms with E-state index in [4.69, 9.17) is 5.73 Å². The molecule has 0 saturated heterocycles. The van der Waals surface area contributed by atoms with Gasteiger partial charge in [0.25, 0.3) is 5.91 Å². The molecule has 0 heterocycles. The molecule has 0 aliphatic heterocycles. The van der Waals surface area contributed by atoms with E-state index in [9.17, 15) is 18.0 Å². The molecule has 3 aromatic rings. The van der Waals surface area contributed by atoms with Crippen LogP contribution in [0.15, 0.2) is 54.6 Å². The van der Waals surface area contributed by atoms with Gasteiger partial charge in [-0.2, -0.15) is 13.2 Å². The van der Waals surface area contributed by atoms with Gasteiger partial charge in [0.1, 0.15) is 0 Å². The SMILES string of the molecule is Cc1cc([C@@H](C)NC(=O)c2ccc3cc(C(F)(F)F)ccc3c2)ccc1N. The number of hydrogen-bond donors (Lipinski definition) is 2. The first-order chi connectivity index (χ1) is 12.6. The van der Waals surface area contributed by atoms with Crippen LogP contribution in [0.3, 0.4) is 0 Å². The number of carbonyl (C=O) groups excluding carboxylic acids is 1. The van der Waals surface area contributed by atoms with Crippen LogP contribution >= 0.6 is 0 Å². The molecule has 0 aliphatic rings. The summed E-state index contributed by atoms with van der Waals surface area (Å²) >= 11 is 0. The van der Waals surface area contributed by atoms with Crippen LogP contribution in [0, 0.1) is 6.92 Å². The van der Waals surface area contributed by atoms with Crippen molar-refractivity contribution in [1.29, 1.82) is 0 Å². The summed E-state index contributed by atoms with van der Waals surface area (Å²) in [5.74, 6) is -0.293. The van der Waals surface area contributed by atoms with Gasteiger partial charge in [0.15, 0.2) is 0 Å². The molecular weight excluding hydrogens is 353 g/mol. The van der Waals surface area contributed by atoms with Gasteiger partial charge in [-0.05, 0) is 66.1 Å². The fraction of sp³-hybridized carbons (Fsp3) is 0.190. The molecule has 1 atom stereocenters. The molecule has 0 aromatic heterocycles. The van der Waals surface area contributed by atoms with Gasteiger partial charge in [0, 0.05) is 11.3 Å². The Morgan fingerprint density at radius 3 is 2.33 bits per heavy atom. The minimum absolute atomic E-state index is 0.236. The van der Waals surface area contributed by atoms with E-state index < -0.39 is 11.7 Å². The third-order valence-corrected chi connectivity index (χ3v) is 4.57. The number of rotatable bonds is 3. The lowest BCUT2D eigenvalue weighted by Gasteiger charge is -2.16. The molecule has 0 spiro atoms. The van der Waals surface area contributed by atoms with Crippen LogP contribution in [0.1, 0.15) is 40.0 Å². The lowest BCUT2D eigenvalue weighted by atomic mass is 10.0. The van der Waals surface area contributed by atoms with Gasteiger partial charge in [-0.3, -0.25) is 4.79 Å². The number of fused-ring (bicyclic) bond motifs is 1. The molecule has 0 saturated carbocycles. The van der Waals surface area contributed by atoms with Crippen LogP contribution in [0.5, 0.6) is 0 Å².